The Morgan fingerprint density at radius 3 is 3.00 bits per heavy atom. The molecule has 0 unspecified atom stereocenters. The van der Waals surface area contributed by atoms with E-state index in [1.807, 2.05) is 6.92 Å². The van der Waals surface area contributed by atoms with Gasteiger partial charge in [-0.25, -0.2) is 9.37 Å². The predicted molar refractivity (Wildman–Crippen MR) is 45.4 cm³/mol. The zero-order valence-corrected chi connectivity index (χ0v) is 7.00. The summed E-state index contributed by atoms with van der Waals surface area (Å²) in [6, 6.07) is 1.80. The van der Waals surface area contributed by atoms with Gasteiger partial charge in [-0.1, -0.05) is 0 Å². The second-order valence-electron chi connectivity index (χ2n) is 2.97. The highest BCUT2D eigenvalue weighted by Crippen LogP contribution is 2.17. The van der Waals surface area contributed by atoms with Gasteiger partial charge in [-0.15, -0.1) is 0 Å². The van der Waals surface area contributed by atoms with Gasteiger partial charge in [-0.05, 0) is 18.6 Å². The van der Waals surface area contributed by atoms with Crippen molar-refractivity contribution in [3.63, 3.8) is 0 Å². The Morgan fingerprint density at radius 1 is 1.50 bits per heavy atom. The largest absolute Gasteiger partial charge is 0.333 e. The Hall–Kier alpha value is -1.38. The van der Waals surface area contributed by atoms with Gasteiger partial charge in [-0.3, -0.25) is 0 Å². The van der Waals surface area contributed by atoms with Crippen molar-refractivity contribution in [2.45, 2.75) is 6.92 Å². The highest BCUT2D eigenvalue weighted by Gasteiger charge is 2.05. The van der Waals surface area contributed by atoms with Crippen LogP contribution >= 0.6 is 0 Å². The first-order valence-electron chi connectivity index (χ1n) is 3.75. The number of hydrogen-bond donors (Lipinski definition) is 0. The van der Waals surface area contributed by atoms with Gasteiger partial charge >= 0.3 is 0 Å². The summed E-state index contributed by atoms with van der Waals surface area (Å²) in [5.74, 6) is -0.205. The fraction of sp³-hybridized carbons (Fsp3) is 0.222. The molecule has 12 heavy (non-hydrogen) atoms. The van der Waals surface area contributed by atoms with E-state index in [0.717, 1.165) is 5.56 Å². The summed E-state index contributed by atoms with van der Waals surface area (Å²) >= 11 is 0. The maximum Gasteiger partial charge on any atom is 0.150 e. The lowest BCUT2D eigenvalue weighted by Crippen LogP contribution is -1.87. The van der Waals surface area contributed by atoms with E-state index < -0.39 is 0 Å². The van der Waals surface area contributed by atoms with Gasteiger partial charge in [0, 0.05) is 19.4 Å². The first-order valence-corrected chi connectivity index (χ1v) is 3.75. The van der Waals surface area contributed by atoms with Crippen LogP contribution in [0, 0.1) is 12.7 Å². The Kier molecular flexibility index (Phi) is 1.40. The molecular weight excluding hydrogens is 155 g/mol. The topological polar surface area (TPSA) is 17.8 Å². The number of pyridine rings is 1. The number of aromatic nitrogens is 2. The maximum absolute atomic E-state index is 13.1. The molecule has 2 aromatic heterocycles. The summed E-state index contributed by atoms with van der Waals surface area (Å²) in [7, 11) is 1.79. The second-order valence-corrected chi connectivity index (χ2v) is 2.97. The third kappa shape index (κ3) is 0.897. The van der Waals surface area contributed by atoms with Crippen molar-refractivity contribution < 1.29 is 4.39 Å². The van der Waals surface area contributed by atoms with Crippen molar-refractivity contribution in [2.24, 2.45) is 7.05 Å². The van der Waals surface area contributed by atoms with Crippen molar-refractivity contribution in [2.75, 3.05) is 0 Å². The number of halogens is 1. The summed E-state index contributed by atoms with van der Waals surface area (Å²) in [4.78, 5) is 4.12. The molecule has 0 N–H and O–H groups in total. The van der Waals surface area contributed by atoms with Gasteiger partial charge in [0.1, 0.15) is 11.5 Å². The Morgan fingerprint density at radius 2 is 2.25 bits per heavy atom. The van der Waals surface area contributed by atoms with E-state index in [1.54, 1.807) is 23.9 Å². The van der Waals surface area contributed by atoms with Crippen LogP contribution in [0.1, 0.15) is 5.56 Å². The van der Waals surface area contributed by atoms with E-state index in [-0.39, 0.29) is 5.82 Å². The van der Waals surface area contributed by atoms with Crippen LogP contribution < -0.4 is 0 Å². The van der Waals surface area contributed by atoms with E-state index in [9.17, 15) is 4.39 Å². The van der Waals surface area contributed by atoms with Gasteiger partial charge in [0.15, 0.2) is 0 Å². The van der Waals surface area contributed by atoms with E-state index >= 15 is 0 Å². The molecule has 3 heteroatoms. The zero-order chi connectivity index (χ0) is 8.72. The van der Waals surface area contributed by atoms with Crippen molar-refractivity contribution in [3.05, 3.63) is 29.8 Å². The van der Waals surface area contributed by atoms with Crippen molar-refractivity contribution in [1.29, 1.82) is 0 Å². The predicted octanol–water partition coefficient (Wildman–Crippen LogP) is 2.02. The van der Waals surface area contributed by atoms with Gasteiger partial charge in [0.05, 0.1) is 5.39 Å². The van der Waals surface area contributed by atoms with Crippen molar-refractivity contribution in [1.82, 2.24) is 9.55 Å². The fourth-order valence-electron chi connectivity index (χ4n) is 1.32. The van der Waals surface area contributed by atoms with Crippen LogP contribution in [0.4, 0.5) is 4.39 Å². The van der Waals surface area contributed by atoms with Gasteiger partial charge in [-0.2, -0.15) is 0 Å². The lowest BCUT2D eigenvalue weighted by molar-refractivity contribution is 0.633. The molecule has 0 aliphatic carbocycles. The molecule has 0 amide bonds. The highest BCUT2D eigenvalue weighted by atomic mass is 19.1. The zero-order valence-electron chi connectivity index (χ0n) is 7.00. The number of hydrogen-bond acceptors (Lipinski definition) is 1. The molecule has 2 nitrogen and oxygen atoms in total. The molecule has 0 aliphatic heterocycles. The lowest BCUT2D eigenvalue weighted by Gasteiger charge is -1.94. The van der Waals surface area contributed by atoms with Gasteiger partial charge in [0.2, 0.25) is 0 Å². The maximum atomic E-state index is 13.1. The van der Waals surface area contributed by atoms with Crippen LogP contribution in [0.2, 0.25) is 0 Å². The Balaban J connectivity index is 2.90. The fourth-order valence-corrected chi connectivity index (χ4v) is 1.32. The molecule has 0 fully saturated rings. The molecule has 0 atom stereocenters. The number of nitrogens with zero attached hydrogens (tertiary/aromatic N) is 2. The molecule has 0 saturated carbocycles. The SMILES string of the molecule is Cc1cnc2c(c1)c(F)cn2C. The second kappa shape index (κ2) is 2.30. The third-order valence-electron chi connectivity index (χ3n) is 1.90. The molecule has 62 valence electrons. The van der Waals surface area contributed by atoms with Gasteiger partial charge < -0.3 is 4.57 Å². The molecule has 0 radical (unpaired) electrons. The standard InChI is InChI=1S/C9H9FN2/c1-6-3-7-8(10)5-12(2)9(7)11-4-6/h3-5H,1-2H3. The van der Waals surface area contributed by atoms with Crippen LogP contribution in [0.25, 0.3) is 11.0 Å². The van der Waals surface area contributed by atoms with E-state index in [1.165, 1.54) is 6.20 Å². The van der Waals surface area contributed by atoms with Crippen LogP contribution in [0.3, 0.4) is 0 Å². The van der Waals surface area contributed by atoms with Crippen LogP contribution in [0.15, 0.2) is 18.5 Å². The number of rotatable bonds is 0. The van der Waals surface area contributed by atoms with Gasteiger partial charge in [0.25, 0.3) is 0 Å². The quantitative estimate of drug-likeness (QED) is 0.582. The summed E-state index contributed by atoms with van der Waals surface area (Å²) in [6.07, 6.45) is 3.18. The molecule has 0 aromatic carbocycles. The highest BCUT2D eigenvalue weighted by molar-refractivity contribution is 5.77. The van der Waals surface area contributed by atoms with Crippen molar-refractivity contribution >= 4 is 11.0 Å². The minimum absolute atomic E-state index is 0.205. The average molecular weight is 164 g/mol. The molecule has 0 bridgehead atoms. The average Bonchev–Trinajstić information content (AvgIpc) is 2.28. The molecule has 0 spiro atoms. The number of fused-ring (bicyclic) bond motifs is 1. The normalized spacial score (nSPS) is 10.9. The summed E-state index contributed by atoms with van der Waals surface area (Å²) in [6.45, 7) is 1.90. The van der Waals surface area contributed by atoms with Crippen LogP contribution in [-0.2, 0) is 7.05 Å². The first kappa shape index (κ1) is 7.28. The number of aryl methyl sites for hydroxylation is 2. The summed E-state index contributed by atoms with van der Waals surface area (Å²) < 4.78 is 14.8. The monoisotopic (exact) mass is 164 g/mol. The molecule has 2 heterocycles. The van der Waals surface area contributed by atoms with Crippen LogP contribution in [-0.4, -0.2) is 9.55 Å². The van der Waals surface area contributed by atoms with Crippen molar-refractivity contribution in [3.8, 4) is 0 Å². The molecule has 0 aliphatic rings. The minimum atomic E-state index is -0.205. The molecule has 2 aromatic rings. The summed E-state index contributed by atoms with van der Waals surface area (Å²) in [5.41, 5.74) is 1.67. The third-order valence-corrected chi connectivity index (χ3v) is 1.90. The molecular formula is C9H9FN2. The molecule has 2 rings (SSSR count). The smallest absolute Gasteiger partial charge is 0.150 e. The Bertz CT molecular complexity index is 431. The van der Waals surface area contributed by atoms with E-state index in [4.69, 9.17) is 0 Å². The lowest BCUT2D eigenvalue weighted by atomic mass is 10.2. The first-order chi connectivity index (χ1) is 5.68. The molecule has 0 saturated heterocycles. The van der Waals surface area contributed by atoms with E-state index in [2.05, 4.69) is 4.98 Å². The Labute approximate surface area is 69.6 Å². The minimum Gasteiger partial charge on any atom is -0.333 e. The summed E-state index contributed by atoms with van der Waals surface area (Å²) in [5, 5.41) is 0.595. The van der Waals surface area contributed by atoms with Crippen LogP contribution in [0.5, 0.6) is 0 Å². The van der Waals surface area contributed by atoms with E-state index in [0.29, 0.717) is 11.0 Å².